The predicted octanol–water partition coefficient (Wildman–Crippen LogP) is 3.11. The van der Waals surface area contributed by atoms with Gasteiger partial charge in [-0.1, -0.05) is 6.92 Å². The molecule has 1 aliphatic heterocycles. The largest absolute Gasteiger partial charge is 0.370 e. The Morgan fingerprint density at radius 1 is 1.35 bits per heavy atom. The standard InChI is InChI=1S/C14H19N3/c1-10-3-5-17(6-4-10)12-7-13-11(2)8-15-14(13)16-9-12/h7-10H,3-6H2,1-2H3,(H,15,16). The van der Waals surface area contributed by atoms with Gasteiger partial charge in [0.15, 0.2) is 0 Å². The van der Waals surface area contributed by atoms with Crippen LogP contribution in [0, 0.1) is 12.8 Å². The lowest BCUT2D eigenvalue weighted by atomic mass is 9.99. The van der Waals surface area contributed by atoms with E-state index in [1.54, 1.807) is 0 Å². The van der Waals surface area contributed by atoms with E-state index in [4.69, 9.17) is 0 Å². The van der Waals surface area contributed by atoms with Crippen LogP contribution >= 0.6 is 0 Å². The maximum Gasteiger partial charge on any atom is 0.137 e. The van der Waals surface area contributed by atoms with Crippen LogP contribution in [0.2, 0.25) is 0 Å². The van der Waals surface area contributed by atoms with E-state index in [-0.39, 0.29) is 0 Å². The van der Waals surface area contributed by atoms with Crippen molar-refractivity contribution in [3.8, 4) is 0 Å². The van der Waals surface area contributed by atoms with Crippen molar-refractivity contribution in [2.75, 3.05) is 18.0 Å². The molecule has 3 rings (SSSR count). The second-order valence-electron chi connectivity index (χ2n) is 5.23. The first-order chi connectivity index (χ1) is 8.24. The van der Waals surface area contributed by atoms with Crippen molar-refractivity contribution in [2.45, 2.75) is 26.7 Å². The van der Waals surface area contributed by atoms with E-state index in [1.807, 2.05) is 12.4 Å². The number of fused-ring (bicyclic) bond motifs is 1. The quantitative estimate of drug-likeness (QED) is 0.814. The van der Waals surface area contributed by atoms with Gasteiger partial charge in [-0.15, -0.1) is 0 Å². The Labute approximate surface area is 102 Å². The fourth-order valence-electron chi connectivity index (χ4n) is 2.56. The van der Waals surface area contributed by atoms with Gasteiger partial charge < -0.3 is 9.88 Å². The first-order valence-electron chi connectivity index (χ1n) is 6.43. The Bertz CT molecular complexity index is 521. The summed E-state index contributed by atoms with van der Waals surface area (Å²) in [5.41, 5.74) is 3.54. The number of nitrogens with zero attached hydrogens (tertiary/aromatic N) is 2. The van der Waals surface area contributed by atoms with Crippen LogP contribution in [0.5, 0.6) is 0 Å². The Kier molecular flexibility index (Phi) is 2.54. The van der Waals surface area contributed by atoms with Gasteiger partial charge in [0.1, 0.15) is 5.65 Å². The third-order valence-corrected chi connectivity index (χ3v) is 3.87. The van der Waals surface area contributed by atoms with Gasteiger partial charge in [0.25, 0.3) is 0 Å². The van der Waals surface area contributed by atoms with Crippen molar-refractivity contribution in [1.82, 2.24) is 9.97 Å². The van der Waals surface area contributed by atoms with Crippen molar-refractivity contribution in [3.05, 3.63) is 24.0 Å². The van der Waals surface area contributed by atoms with Crippen LogP contribution in [0.15, 0.2) is 18.5 Å². The van der Waals surface area contributed by atoms with Gasteiger partial charge in [0.05, 0.1) is 11.9 Å². The minimum atomic E-state index is 0.872. The molecule has 2 aromatic rings. The van der Waals surface area contributed by atoms with E-state index in [0.29, 0.717) is 0 Å². The SMILES string of the molecule is Cc1c[nH]c2ncc(N3CCC(C)CC3)cc12. The number of hydrogen-bond donors (Lipinski definition) is 1. The molecule has 90 valence electrons. The molecule has 0 radical (unpaired) electrons. The van der Waals surface area contributed by atoms with Gasteiger partial charge >= 0.3 is 0 Å². The smallest absolute Gasteiger partial charge is 0.137 e. The highest BCUT2D eigenvalue weighted by Gasteiger charge is 2.16. The Hall–Kier alpha value is -1.51. The van der Waals surface area contributed by atoms with Crippen LogP contribution in [-0.2, 0) is 0 Å². The van der Waals surface area contributed by atoms with Gasteiger partial charge in [-0.3, -0.25) is 0 Å². The topological polar surface area (TPSA) is 31.9 Å². The number of aromatic nitrogens is 2. The van der Waals surface area contributed by atoms with E-state index in [1.165, 1.54) is 29.5 Å². The number of nitrogens with one attached hydrogen (secondary N) is 1. The summed E-state index contributed by atoms with van der Waals surface area (Å²) in [6.07, 6.45) is 6.61. The van der Waals surface area contributed by atoms with E-state index < -0.39 is 0 Å². The zero-order valence-corrected chi connectivity index (χ0v) is 10.5. The van der Waals surface area contributed by atoms with Crippen molar-refractivity contribution in [3.63, 3.8) is 0 Å². The van der Waals surface area contributed by atoms with Crippen LogP contribution in [0.1, 0.15) is 25.3 Å². The molecule has 0 bridgehead atoms. The Morgan fingerprint density at radius 2 is 2.12 bits per heavy atom. The molecule has 3 heterocycles. The highest BCUT2D eigenvalue weighted by molar-refractivity contribution is 5.82. The number of anilines is 1. The monoisotopic (exact) mass is 229 g/mol. The van der Waals surface area contributed by atoms with E-state index in [9.17, 15) is 0 Å². The first-order valence-corrected chi connectivity index (χ1v) is 6.43. The van der Waals surface area contributed by atoms with Crippen LogP contribution in [-0.4, -0.2) is 23.1 Å². The van der Waals surface area contributed by atoms with Gasteiger partial charge in [0.2, 0.25) is 0 Å². The van der Waals surface area contributed by atoms with Crippen LogP contribution < -0.4 is 4.90 Å². The summed E-state index contributed by atoms with van der Waals surface area (Å²) < 4.78 is 0. The lowest BCUT2D eigenvalue weighted by Gasteiger charge is -2.31. The highest BCUT2D eigenvalue weighted by atomic mass is 15.1. The normalized spacial score (nSPS) is 17.9. The summed E-state index contributed by atoms with van der Waals surface area (Å²) in [5, 5.41) is 1.25. The number of aryl methyl sites for hydroxylation is 1. The van der Waals surface area contributed by atoms with Gasteiger partial charge in [-0.05, 0) is 37.3 Å². The van der Waals surface area contributed by atoms with E-state index >= 15 is 0 Å². The minimum Gasteiger partial charge on any atom is -0.370 e. The lowest BCUT2D eigenvalue weighted by Crippen LogP contribution is -2.32. The van der Waals surface area contributed by atoms with Crippen LogP contribution in [0.3, 0.4) is 0 Å². The molecule has 0 saturated carbocycles. The third kappa shape index (κ3) is 1.90. The molecule has 0 atom stereocenters. The molecule has 1 saturated heterocycles. The maximum absolute atomic E-state index is 4.50. The second-order valence-corrected chi connectivity index (χ2v) is 5.23. The Morgan fingerprint density at radius 3 is 2.88 bits per heavy atom. The second kappa shape index (κ2) is 4.06. The fraction of sp³-hybridized carbons (Fsp3) is 0.500. The maximum atomic E-state index is 4.50. The molecule has 0 spiro atoms. The zero-order valence-electron chi connectivity index (χ0n) is 10.5. The summed E-state index contributed by atoms with van der Waals surface area (Å²) >= 11 is 0. The highest BCUT2D eigenvalue weighted by Crippen LogP contribution is 2.26. The molecule has 0 aromatic carbocycles. The molecule has 17 heavy (non-hydrogen) atoms. The molecule has 1 fully saturated rings. The summed E-state index contributed by atoms with van der Waals surface area (Å²) in [5.74, 6) is 0.872. The summed E-state index contributed by atoms with van der Waals surface area (Å²) in [4.78, 5) is 10.2. The zero-order chi connectivity index (χ0) is 11.8. The van der Waals surface area contributed by atoms with Crippen molar-refractivity contribution >= 4 is 16.7 Å². The number of hydrogen-bond acceptors (Lipinski definition) is 2. The molecule has 1 N–H and O–H groups in total. The molecule has 0 aliphatic carbocycles. The number of H-pyrrole nitrogens is 1. The van der Waals surface area contributed by atoms with Gasteiger partial charge in [-0.25, -0.2) is 4.98 Å². The van der Waals surface area contributed by atoms with E-state index in [0.717, 1.165) is 24.7 Å². The average molecular weight is 229 g/mol. The van der Waals surface area contributed by atoms with E-state index in [2.05, 4.69) is 34.8 Å². The summed E-state index contributed by atoms with van der Waals surface area (Å²) in [6, 6.07) is 2.27. The number of piperidine rings is 1. The molecule has 1 aliphatic rings. The van der Waals surface area contributed by atoms with Crippen molar-refractivity contribution < 1.29 is 0 Å². The molecular formula is C14H19N3. The molecule has 2 aromatic heterocycles. The van der Waals surface area contributed by atoms with Gasteiger partial charge in [0, 0.05) is 24.7 Å². The lowest BCUT2D eigenvalue weighted by molar-refractivity contribution is 0.438. The minimum absolute atomic E-state index is 0.872. The van der Waals surface area contributed by atoms with Crippen LogP contribution in [0.4, 0.5) is 5.69 Å². The summed E-state index contributed by atoms with van der Waals surface area (Å²) in [6.45, 7) is 6.80. The van der Waals surface area contributed by atoms with Crippen molar-refractivity contribution in [2.24, 2.45) is 5.92 Å². The third-order valence-electron chi connectivity index (χ3n) is 3.87. The molecule has 3 heteroatoms. The number of rotatable bonds is 1. The number of aromatic amines is 1. The average Bonchev–Trinajstić information content (AvgIpc) is 2.72. The molecule has 0 amide bonds. The van der Waals surface area contributed by atoms with Gasteiger partial charge in [-0.2, -0.15) is 0 Å². The fourth-order valence-corrected chi connectivity index (χ4v) is 2.56. The summed E-state index contributed by atoms with van der Waals surface area (Å²) in [7, 11) is 0. The molecule has 3 nitrogen and oxygen atoms in total. The molecular weight excluding hydrogens is 210 g/mol. The Balaban J connectivity index is 1.92. The molecule has 0 unspecified atom stereocenters. The predicted molar refractivity (Wildman–Crippen MR) is 71.4 cm³/mol. The number of pyridine rings is 1. The van der Waals surface area contributed by atoms with Crippen molar-refractivity contribution in [1.29, 1.82) is 0 Å². The van der Waals surface area contributed by atoms with Crippen LogP contribution in [0.25, 0.3) is 11.0 Å². The first kappa shape index (κ1) is 10.6.